The smallest absolute Gasteiger partial charge is 0.156 e. The van der Waals surface area contributed by atoms with E-state index in [1.165, 1.54) is 0 Å². The first-order valence-corrected chi connectivity index (χ1v) is 6.15. The maximum Gasteiger partial charge on any atom is 0.156 e. The van der Waals surface area contributed by atoms with Gasteiger partial charge in [-0.1, -0.05) is 6.92 Å². The van der Waals surface area contributed by atoms with E-state index in [0.717, 1.165) is 24.8 Å². The molecule has 0 aromatic rings. The van der Waals surface area contributed by atoms with Crippen molar-refractivity contribution in [3.63, 3.8) is 0 Å². The van der Waals surface area contributed by atoms with E-state index in [9.17, 15) is 15.0 Å². The Bertz CT molecular complexity index is 373. The Morgan fingerprint density at radius 2 is 2.06 bits per heavy atom. The fourth-order valence-corrected chi connectivity index (χ4v) is 4.20. The maximum atomic E-state index is 11.6. The lowest BCUT2D eigenvalue weighted by Crippen LogP contribution is -2.44. The highest BCUT2D eigenvalue weighted by Gasteiger charge is 2.60. The van der Waals surface area contributed by atoms with E-state index in [0.29, 0.717) is 18.3 Å². The van der Waals surface area contributed by atoms with Gasteiger partial charge in [-0.15, -0.1) is 0 Å². The summed E-state index contributed by atoms with van der Waals surface area (Å²) in [7, 11) is 0. The predicted molar refractivity (Wildman–Crippen MR) is 58.7 cm³/mol. The van der Waals surface area contributed by atoms with E-state index in [1.54, 1.807) is 6.08 Å². The van der Waals surface area contributed by atoms with Gasteiger partial charge in [0.25, 0.3) is 0 Å². The molecule has 16 heavy (non-hydrogen) atoms. The third-order valence-electron chi connectivity index (χ3n) is 4.82. The van der Waals surface area contributed by atoms with Crippen molar-refractivity contribution < 1.29 is 15.0 Å². The number of carbonyl (C=O) groups is 1. The Kier molecular flexibility index (Phi) is 2.08. The minimum Gasteiger partial charge on any atom is -0.392 e. The molecule has 3 aliphatic carbocycles. The van der Waals surface area contributed by atoms with Crippen LogP contribution in [0.2, 0.25) is 0 Å². The van der Waals surface area contributed by atoms with Crippen LogP contribution in [0.25, 0.3) is 0 Å². The first kappa shape index (κ1) is 10.5. The first-order chi connectivity index (χ1) is 7.54. The van der Waals surface area contributed by atoms with Crippen LogP contribution in [0.15, 0.2) is 11.6 Å². The zero-order valence-corrected chi connectivity index (χ0v) is 9.52. The van der Waals surface area contributed by atoms with Gasteiger partial charge < -0.3 is 10.2 Å². The number of allylic oxidation sites excluding steroid dienone is 1. The van der Waals surface area contributed by atoms with Crippen molar-refractivity contribution in [1.29, 1.82) is 0 Å². The lowest BCUT2D eigenvalue weighted by atomic mass is 9.62. The molecular weight excluding hydrogens is 204 g/mol. The van der Waals surface area contributed by atoms with Gasteiger partial charge in [-0.05, 0) is 42.7 Å². The van der Waals surface area contributed by atoms with Gasteiger partial charge in [0.05, 0.1) is 12.2 Å². The van der Waals surface area contributed by atoms with Crippen LogP contribution < -0.4 is 0 Å². The summed E-state index contributed by atoms with van der Waals surface area (Å²) in [6.45, 7) is 2.14. The minimum atomic E-state index is -0.503. The van der Waals surface area contributed by atoms with E-state index < -0.39 is 17.6 Å². The lowest BCUT2D eigenvalue weighted by Gasteiger charge is -2.44. The average Bonchev–Trinajstić information content (AvgIpc) is 2.63. The summed E-state index contributed by atoms with van der Waals surface area (Å²) in [5, 5.41) is 20.4. The van der Waals surface area contributed by atoms with Crippen molar-refractivity contribution in [2.24, 2.45) is 17.3 Å². The van der Waals surface area contributed by atoms with Crippen LogP contribution in [0.1, 0.15) is 32.6 Å². The molecule has 3 heteroatoms. The molecule has 0 aromatic carbocycles. The number of hydrogen-bond donors (Lipinski definition) is 2. The van der Waals surface area contributed by atoms with Crippen molar-refractivity contribution in [3.05, 3.63) is 11.6 Å². The van der Waals surface area contributed by atoms with Gasteiger partial charge >= 0.3 is 0 Å². The molecule has 0 unspecified atom stereocenters. The summed E-state index contributed by atoms with van der Waals surface area (Å²) in [6.07, 6.45) is 3.56. The standard InChI is InChI=1S/C13H18O3/c1-7-2-8-4-11(15)10-5-9(14)6-13(8,10)12(16)3-7/h5,7-8,11-12,15-16H,2-4,6H2,1H3/t7-,8+,11+,12-,13+/m1/s1. The van der Waals surface area contributed by atoms with Crippen molar-refractivity contribution in [1.82, 2.24) is 0 Å². The summed E-state index contributed by atoms with van der Waals surface area (Å²) in [4.78, 5) is 11.6. The summed E-state index contributed by atoms with van der Waals surface area (Å²) in [5.74, 6) is 0.860. The van der Waals surface area contributed by atoms with Crippen molar-refractivity contribution in [3.8, 4) is 0 Å². The maximum absolute atomic E-state index is 11.6. The fraction of sp³-hybridized carbons (Fsp3) is 0.769. The molecule has 2 N–H and O–H groups in total. The van der Waals surface area contributed by atoms with Crippen LogP contribution in [-0.2, 0) is 4.79 Å². The number of aliphatic hydroxyl groups excluding tert-OH is 2. The van der Waals surface area contributed by atoms with Crippen LogP contribution >= 0.6 is 0 Å². The normalized spacial score (nSPS) is 51.2. The molecule has 2 saturated carbocycles. The molecular formula is C13H18O3. The van der Waals surface area contributed by atoms with E-state index in [1.807, 2.05) is 0 Å². The van der Waals surface area contributed by atoms with Gasteiger partial charge in [0.2, 0.25) is 0 Å². The van der Waals surface area contributed by atoms with Gasteiger partial charge in [0.15, 0.2) is 5.78 Å². The topological polar surface area (TPSA) is 57.5 Å². The quantitative estimate of drug-likeness (QED) is 0.644. The number of aliphatic hydroxyl groups is 2. The molecule has 3 nitrogen and oxygen atoms in total. The molecule has 0 aromatic heterocycles. The Balaban J connectivity index is 2.05. The molecule has 2 fully saturated rings. The molecule has 0 saturated heterocycles. The number of rotatable bonds is 0. The van der Waals surface area contributed by atoms with E-state index in [2.05, 4.69) is 6.92 Å². The third-order valence-corrected chi connectivity index (χ3v) is 4.82. The molecule has 3 aliphatic rings. The minimum absolute atomic E-state index is 0.0763. The van der Waals surface area contributed by atoms with Crippen molar-refractivity contribution in [2.45, 2.75) is 44.8 Å². The Morgan fingerprint density at radius 3 is 2.81 bits per heavy atom. The summed E-state index contributed by atoms with van der Waals surface area (Å²) in [6, 6.07) is 0. The Labute approximate surface area is 95.2 Å². The zero-order valence-electron chi connectivity index (χ0n) is 9.52. The van der Waals surface area contributed by atoms with E-state index in [4.69, 9.17) is 0 Å². The monoisotopic (exact) mass is 222 g/mol. The second-order valence-corrected chi connectivity index (χ2v) is 5.82. The fourth-order valence-electron chi connectivity index (χ4n) is 4.20. The van der Waals surface area contributed by atoms with E-state index in [-0.39, 0.29) is 5.78 Å². The van der Waals surface area contributed by atoms with Gasteiger partial charge in [-0.25, -0.2) is 0 Å². The zero-order chi connectivity index (χ0) is 11.5. The molecule has 1 spiro atoms. The SMILES string of the molecule is C[C@@H]1C[C@H]2C[C@H](O)C3=CC(=O)C[C@@]32[C@H](O)C1. The molecule has 5 atom stereocenters. The number of carbonyl (C=O) groups excluding carboxylic acids is 1. The summed E-state index contributed by atoms with van der Waals surface area (Å²) < 4.78 is 0. The molecule has 0 heterocycles. The summed E-state index contributed by atoms with van der Waals surface area (Å²) >= 11 is 0. The van der Waals surface area contributed by atoms with Crippen LogP contribution in [0.5, 0.6) is 0 Å². The second kappa shape index (κ2) is 3.17. The highest BCUT2D eigenvalue weighted by atomic mass is 16.3. The molecule has 0 radical (unpaired) electrons. The van der Waals surface area contributed by atoms with Crippen LogP contribution in [0.4, 0.5) is 0 Å². The Hall–Kier alpha value is -0.670. The molecule has 0 aliphatic heterocycles. The average molecular weight is 222 g/mol. The largest absolute Gasteiger partial charge is 0.392 e. The van der Waals surface area contributed by atoms with Gasteiger partial charge in [-0.3, -0.25) is 4.79 Å². The molecule has 0 amide bonds. The second-order valence-electron chi connectivity index (χ2n) is 5.82. The van der Waals surface area contributed by atoms with E-state index >= 15 is 0 Å². The van der Waals surface area contributed by atoms with Gasteiger partial charge in [0.1, 0.15) is 0 Å². The predicted octanol–water partition coefficient (Wildman–Crippen LogP) is 1.04. The number of ketones is 1. The first-order valence-electron chi connectivity index (χ1n) is 6.15. The molecule has 3 rings (SSSR count). The van der Waals surface area contributed by atoms with Gasteiger partial charge in [-0.2, -0.15) is 0 Å². The van der Waals surface area contributed by atoms with Crippen LogP contribution in [0.3, 0.4) is 0 Å². The van der Waals surface area contributed by atoms with Gasteiger partial charge in [0, 0.05) is 11.8 Å². The summed E-state index contributed by atoms with van der Waals surface area (Å²) in [5.41, 5.74) is 0.421. The Morgan fingerprint density at radius 1 is 1.31 bits per heavy atom. The molecule has 88 valence electrons. The number of hydrogen-bond acceptors (Lipinski definition) is 3. The highest BCUT2D eigenvalue weighted by molar-refractivity contribution is 5.95. The van der Waals surface area contributed by atoms with Crippen molar-refractivity contribution >= 4 is 5.78 Å². The third kappa shape index (κ3) is 1.13. The highest BCUT2D eigenvalue weighted by Crippen LogP contribution is 2.60. The van der Waals surface area contributed by atoms with Crippen molar-refractivity contribution in [2.75, 3.05) is 0 Å². The molecule has 0 bridgehead atoms. The lowest BCUT2D eigenvalue weighted by molar-refractivity contribution is -0.119. The van der Waals surface area contributed by atoms with Crippen LogP contribution in [0, 0.1) is 17.3 Å². The van der Waals surface area contributed by atoms with Crippen LogP contribution in [-0.4, -0.2) is 28.2 Å².